The third-order valence-electron chi connectivity index (χ3n) is 3.74. The number of benzene rings is 2. The SMILES string of the molecule is Cc1ccc(C(C)NC(=O)C2COc3ccccc3O2)cc1. The monoisotopic (exact) mass is 297 g/mol. The molecule has 0 bridgehead atoms. The van der Waals surface area contributed by atoms with Crippen molar-refractivity contribution in [3.05, 3.63) is 59.7 Å². The average molecular weight is 297 g/mol. The standard InChI is InChI=1S/C18H19NO3/c1-12-7-9-14(10-8-12)13(2)19-18(20)17-11-21-15-5-3-4-6-16(15)22-17/h3-10,13,17H,11H2,1-2H3,(H,19,20). The molecule has 1 amide bonds. The van der Waals surface area contributed by atoms with Crippen LogP contribution in [0.25, 0.3) is 0 Å². The number of amides is 1. The Bertz CT molecular complexity index is 666. The Balaban J connectivity index is 1.64. The fourth-order valence-electron chi connectivity index (χ4n) is 2.39. The maximum absolute atomic E-state index is 12.3. The highest BCUT2D eigenvalue weighted by atomic mass is 16.6. The zero-order chi connectivity index (χ0) is 15.5. The summed E-state index contributed by atoms with van der Waals surface area (Å²) in [6.07, 6.45) is -0.622. The van der Waals surface area contributed by atoms with Crippen LogP contribution in [0.1, 0.15) is 24.1 Å². The molecule has 114 valence electrons. The second-order valence-corrected chi connectivity index (χ2v) is 5.51. The molecule has 1 heterocycles. The molecular formula is C18H19NO3. The first-order chi connectivity index (χ1) is 10.6. The molecule has 0 fully saturated rings. The van der Waals surface area contributed by atoms with E-state index >= 15 is 0 Å². The number of ether oxygens (including phenoxy) is 2. The molecule has 0 aromatic heterocycles. The molecule has 4 nitrogen and oxygen atoms in total. The summed E-state index contributed by atoms with van der Waals surface area (Å²) in [6, 6.07) is 15.4. The summed E-state index contributed by atoms with van der Waals surface area (Å²) in [5.41, 5.74) is 2.26. The zero-order valence-electron chi connectivity index (χ0n) is 12.7. The molecule has 3 rings (SSSR count). The summed E-state index contributed by atoms with van der Waals surface area (Å²) < 4.78 is 11.3. The van der Waals surface area contributed by atoms with E-state index in [1.807, 2.05) is 56.3 Å². The Labute approximate surface area is 130 Å². The van der Waals surface area contributed by atoms with Gasteiger partial charge in [0.05, 0.1) is 6.04 Å². The number of aryl methyl sites for hydroxylation is 1. The summed E-state index contributed by atoms with van der Waals surface area (Å²) in [5, 5.41) is 2.97. The van der Waals surface area contributed by atoms with Crippen LogP contribution in [0.5, 0.6) is 11.5 Å². The second-order valence-electron chi connectivity index (χ2n) is 5.51. The number of nitrogens with one attached hydrogen (secondary N) is 1. The Morgan fingerprint density at radius 1 is 1.14 bits per heavy atom. The highest BCUT2D eigenvalue weighted by Crippen LogP contribution is 2.31. The molecule has 0 aliphatic carbocycles. The van der Waals surface area contributed by atoms with Crippen molar-refractivity contribution in [3.63, 3.8) is 0 Å². The van der Waals surface area contributed by atoms with Gasteiger partial charge in [-0.25, -0.2) is 0 Å². The first-order valence-electron chi connectivity index (χ1n) is 7.39. The summed E-state index contributed by atoms with van der Waals surface area (Å²) >= 11 is 0. The highest BCUT2D eigenvalue weighted by Gasteiger charge is 2.28. The van der Waals surface area contributed by atoms with E-state index in [1.54, 1.807) is 6.07 Å². The van der Waals surface area contributed by atoms with Crippen molar-refractivity contribution >= 4 is 5.91 Å². The van der Waals surface area contributed by atoms with Crippen LogP contribution in [-0.4, -0.2) is 18.6 Å². The summed E-state index contributed by atoms with van der Waals surface area (Å²) in [6.45, 7) is 4.22. The lowest BCUT2D eigenvalue weighted by atomic mass is 10.1. The summed E-state index contributed by atoms with van der Waals surface area (Å²) in [4.78, 5) is 12.3. The van der Waals surface area contributed by atoms with Crippen LogP contribution in [0, 0.1) is 6.92 Å². The van der Waals surface area contributed by atoms with Gasteiger partial charge in [-0.05, 0) is 31.5 Å². The van der Waals surface area contributed by atoms with Gasteiger partial charge >= 0.3 is 0 Å². The van der Waals surface area contributed by atoms with Crippen LogP contribution < -0.4 is 14.8 Å². The van der Waals surface area contributed by atoms with Gasteiger partial charge in [0.25, 0.3) is 5.91 Å². The van der Waals surface area contributed by atoms with Gasteiger partial charge < -0.3 is 14.8 Å². The van der Waals surface area contributed by atoms with E-state index in [-0.39, 0.29) is 18.6 Å². The van der Waals surface area contributed by atoms with Crippen molar-refractivity contribution < 1.29 is 14.3 Å². The van der Waals surface area contributed by atoms with Crippen molar-refractivity contribution in [1.29, 1.82) is 0 Å². The van der Waals surface area contributed by atoms with E-state index < -0.39 is 6.10 Å². The third kappa shape index (κ3) is 3.06. The van der Waals surface area contributed by atoms with Crippen LogP contribution in [0.2, 0.25) is 0 Å². The number of para-hydroxylation sites is 2. The number of carbonyl (C=O) groups excluding carboxylic acids is 1. The molecule has 0 radical (unpaired) electrons. The van der Waals surface area contributed by atoms with E-state index in [0.717, 1.165) is 5.56 Å². The summed E-state index contributed by atoms with van der Waals surface area (Å²) in [5.74, 6) is 1.12. The number of hydrogen-bond acceptors (Lipinski definition) is 3. The first kappa shape index (κ1) is 14.4. The zero-order valence-corrected chi connectivity index (χ0v) is 12.7. The van der Waals surface area contributed by atoms with E-state index in [0.29, 0.717) is 11.5 Å². The minimum Gasteiger partial charge on any atom is -0.485 e. The number of rotatable bonds is 3. The van der Waals surface area contributed by atoms with Gasteiger partial charge in [-0.15, -0.1) is 0 Å². The Morgan fingerprint density at radius 3 is 2.55 bits per heavy atom. The molecule has 1 N–H and O–H groups in total. The maximum atomic E-state index is 12.3. The van der Waals surface area contributed by atoms with Crippen molar-refractivity contribution in [1.82, 2.24) is 5.32 Å². The normalized spacial score (nSPS) is 17.6. The quantitative estimate of drug-likeness (QED) is 0.947. The lowest BCUT2D eigenvalue weighted by Crippen LogP contribution is -2.44. The molecule has 0 saturated heterocycles. The van der Waals surface area contributed by atoms with Crippen molar-refractivity contribution in [2.24, 2.45) is 0 Å². The molecule has 2 aromatic carbocycles. The predicted octanol–water partition coefficient (Wildman–Crippen LogP) is 3.01. The third-order valence-corrected chi connectivity index (χ3v) is 3.74. The molecule has 0 saturated carbocycles. The van der Waals surface area contributed by atoms with Crippen molar-refractivity contribution in [3.8, 4) is 11.5 Å². The molecule has 2 unspecified atom stereocenters. The smallest absolute Gasteiger partial charge is 0.265 e. The lowest BCUT2D eigenvalue weighted by molar-refractivity contribution is -0.131. The van der Waals surface area contributed by atoms with E-state index in [1.165, 1.54) is 5.56 Å². The molecule has 1 aliphatic rings. The number of hydrogen-bond donors (Lipinski definition) is 1. The minimum atomic E-state index is -0.622. The fourth-order valence-corrected chi connectivity index (χ4v) is 2.39. The second kappa shape index (κ2) is 6.10. The topological polar surface area (TPSA) is 47.6 Å². The van der Waals surface area contributed by atoms with Gasteiger partial charge in [-0.3, -0.25) is 4.79 Å². The maximum Gasteiger partial charge on any atom is 0.265 e. The molecule has 22 heavy (non-hydrogen) atoms. The van der Waals surface area contributed by atoms with E-state index in [2.05, 4.69) is 5.32 Å². The Morgan fingerprint density at radius 2 is 1.82 bits per heavy atom. The number of carbonyl (C=O) groups is 1. The van der Waals surface area contributed by atoms with Crippen molar-refractivity contribution in [2.75, 3.05) is 6.61 Å². The van der Waals surface area contributed by atoms with Crippen LogP contribution in [0.3, 0.4) is 0 Å². The highest BCUT2D eigenvalue weighted by molar-refractivity contribution is 5.82. The number of fused-ring (bicyclic) bond motifs is 1. The molecule has 2 aromatic rings. The van der Waals surface area contributed by atoms with Crippen LogP contribution >= 0.6 is 0 Å². The minimum absolute atomic E-state index is 0.0751. The van der Waals surface area contributed by atoms with E-state index in [4.69, 9.17) is 9.47 Å². The van der Waals surface area contributed by atoms with Crippen LogP contribution in [0.15, 0.2) is 48.5 Å². The Kier molecular flexibility index (Phi) is 4.00. The first-order valence-corrected chi connectivity index (χ1v) is 7.39. The lowest BCUT2D eigenvalue weighted by Gasteiger charge is -2.26. The molecule has 0 spiro atoms. The molecule has 2 atom stereocenters. The van der Waals surface area contributed by atoms with Crippen molar-refractivity contribution in [2.45, 2.75) is 26.0 Å². The van der Waals surface area contributed by atoms with Gasteiger partial charge in [0.15, 0.2) is 11.5 Å². The van der Waals surface area contributed by atoms with Crippen LogP contribution in [-0.2, 0) is 4.79 Å². The fraction of sp³-hybridized carbons (Fsp3) is 0.278. The summed E-state index contributed by atoms with van der Waals surface area (Å²) in [7, 11) is 0. The van der Waals surface area contributed by atoms with Gasteiger partial charge in [-0.2, -0.15) is 0 Å². The molecule has 4 heteroatoms. The molecule has 1 aliphatic heterocycles. The van der Waals surface area contributed by atoms with Gasteiger partial charge in [0.1, 0.15) is 6.61 Å². The largest absolute Gasteiger partial charge is 0.485 e. The average Bonchev–Trinajstić information content (AvgIpc) is 2.55. The van der Waals surface area contributed by atoms with Gasteiger partial charge in [0, 0.05) is 0 Å². The Hall–Kier alpha value is -2.49. The van der Waals surface area contributed by atoms with E-state index in [9.17, 15) is 4.79 Å². The van der Waals surface area contributed by atoms with Gasteiger partial charge in [0.2, 0.25) is 6.10 Å². The predicted molar refractivity (Wildman–Crippen MR) is 84.1 cm³/mol. The van der Waals surface area contributed by atoms with Gasteiger partial charge in [-0.1, -0.05) is 42.0 Å². The molecular weight excluding hydrogens is 278 g/mol. The van der Waals surface area contributed by atoms with Crippen LogP contribution in [0.4, 0.5) is 0 Å².